The minimum Gasteiger partial charge on any atom is -0.492 e. The summed E-state index contributed by atoms with van der Waals surface area (Å²) in [5.74, 6) is 1.59. The lowest BCUT2D eigenvalue weighted by Gasteiger charge is -2.18. The van der Waals surface area contributed by atoms with E-state index in [0.717, 1.165) is 28.2 Å². The number of nitrogens with zero attached hydrogens (tertiary/aromatic N) is 3. The van der Waals surface area contributed by atoms with Crippen molar-refractivity contribution in [2.75, 3.05) is 6.61 Å². The minimum absolute atomic E-state index is 0.171. The number of hydrogen-bond donors (Lipinski definition) is 0. The van der Waals surface area contributed by atoms with Crippen LogP contribution in [-0.2, 0) is 5.41 Å². The molecular formula is C26H27N3O. The van der Waals surface area contributed by atoms with Crippen LogP contribution >= 0.6 is 0 Å². The van der Waals surface area contributed by atoms with E-state index in [1.807, 2.05) is 30.0 Å². The van der Waals surface area contributed by atoms with Crippen LogP contribution in [-0.4, -0.2) is 21.1 Å². The highest BCUT2D eigenvalue weighted by atomic mass is 16.5. The van der Waals surface area contributed by atoms with Crippen molar-refractivity contribution in [1.82, 2.24) is 14.5 Å². The first-order chi connectivity index (χ1) is 14.4. The summed E-state index contributed by atoms with van der Waals surface area (Å²) in [6, 6.07) is 18.9. The standard InChI is InChI=1S/C26H27N3O/c1-5-30-22-13-15-25(27-17-22)29-18-28-23-16-20(10-14-24(23)29)7-6-19-8-11-21(12-9-19)26(2,3)4/h6-18H,5H2,1-4H3/b7-6-. The van der Waals surface area contributed by atoms with Crippen LogP contribution in [0.25, 0.3) is 29.0 Å². The normalized spacial score (nSPS) is 12.0. The Labute approximate surface area is 177 Å². The number of imidazole rings is 1. The molecule has 0 aliphatic carbocycles. The van der Waals surface area contributed by atoms with E-state index in [9.17, 15) is 0 Å². The molecule has 0 N–H and O–H groups in total. The van der Waals surface area contributed by atoms with Gasteiger partial charge in [0.1, 0.15) is 17.9 Å². The Balaban J connectivity index is 1.55. The quantitative estimate of drug-likeness (QED) is 0.372. The largest absolute Gasteiger partial charge is 0.492 e. The summed E-state index contributed by atoms with van der Waals surface area (Å²) >= 11 is 0. The number of hydrogen-bond acceptors (Lipinski definition) is 3. The maximum atomic E-state index is 5.47. The van der Waals surface area contributed by atoms with Crippen LogP contribution in [0, 0.1) is 0 Å². The number of aromatic nitrogens is 3. The Hall–Kier alpha value is -3.40. The summed E-state index contributed by atoms with van der Waals surface area (Å²) in [4.78, 5) is 9.06. The fraction of sp³-hybridized carbons (Fsp3) is 0.231. The van der Waals surface area contributed by atoms with Gasteiger partial charge in [-0.25, -0.2) is 9.97 Å². The molecule has 4 heteroatoms. The molecule has 2 aromatic carbocycles. The van der Waals surface area contributed by atoms with Crippen LogP contribution in [0.1, 0.15) is 44.4 Å². The molecule has 0 aliphatic heterocycles. The molecule has 0 amide bonds. The smallest absolute Gasteiger partial charge is 0.138 e. The van der Waals surface area contributed by atoms with Crippen LogP contribution in [0.2, 0.25) is 0 Å². The molecule has 0 aliphatic rings. The van der Waals surface area contributed by atoms with E-state index < -0.39 is 0 Å². The number of rotatable bonds is 5. The molecule has 0 spiro atoms. The summed E-state index contributed by atoms with van der Waals surface area (Å²) in [5, 5.41) is 0. The second-order valence-electron chi connectivity index (χ2n) is 8.35. The Kier molecular flexibility index (Phi) is 5.40. The minimum atomic E-state index is 0.171. The maximum absolute atomic E-state index is 5.47. The van der Waals surface area contributed by atoms with E-state index in [4.69, 9.17) is 4.74 Å². The van der Waals surface area contributed by atoms with Crippen molar-refractivity contribution in [3.8, 4) is 11.6 Å². The fourth-order valence-corrected chi connectivity index (χ4v) is 3.37. The van der Waals surface area contributed by atoms with Crippen LogP contribution in [0.5, 0.6) is 5.75 Å². The first-order valence-corrected chi connectivity index (χ1v) is 10.3. The van der Waals surface area contributed by atoms with Gasteiger partial charge in [-0.15, -0.1) is 0 Å². The monoisotopic (exact) mass is 397 g/mol. The van der Waals surface area contributed by atoms with Crippen molar-refractivity contribution in [2.45, 2.75) is 33.1 Å². The van der Waals surface area contributed by atoms with Gasteiger partial charge >= 0.3 is 0 Å². The Morgan fingerprint density at radius 3 is 2.30 bits per heavy atom. The molecule has 0 radical (unpaired) electrons. The lowest BCUT2D eigenvalue weighted by Crippen LogP contribution is -2.10. The molecule has 2 heterocycles. The van der Waals surface area contributed by atoms with Crippen molar-refractivity contribution in [2.24, 2.45) is 0 Å². The van der Waals surface area contributed by atoms with Gasteiger partial charge < -0.3 is 4.74 Å². The summed E-state index contributed by atoms with van der Waals surface area (Å²) in [5.41, 5.74) is 5.79. The first kappa shape index (κ1) is 19.9. The lowest BCUT2D eigenvalue weighted by atomic mass is 9.87. The topological polar surface area (TPSA) is 39.9 Å². The molecule has 0 unspecified atom stereocenters. The molecule has 4 aromatic rings. The zero-order chi connectivity index (χ0) is 21.1. The molecule has 4 nitrogen and oxygen atoms in total. The fourth-order valence-electron chi connectivity index (χ4n) is 3.37. The van der Waals surface area contributed by atoms with Crippen LogP contribution < -0.4 is 4.74 Å². The van der Waals surface area contributed by atoms with Crippen molar-refractivity contribution in [1.29, 1.82) is 0 Å². The number of benzene rings is 2. The zero-order valence-electron chi connectivity index (χ0n) is 18.0. The van der Waals surface area contributed by atoms with Crippen molar-refractivity contribution >= 4 is 23.2 Å². The summed E-state index contributed by atoms with van der Waals surface area (Å²) in [7, 11) is 0. The van der Waals surface area contributed by atoms with E-state index in [2.05, 4.69) is 85.4 Å². The highest BCUT2D eigenvalue weighted by Crippen LogP contribution is 2.24. The predicted octanol–water partition coefficient (Wildman–Crippen LogP) is 6.29. The third-order valence-corrected chi connectivity index (χ3v) is 5.09. The Morgan fingerprint density at radius 1 is 0.900 bits per heavy atom. The molecule has 0 fully saturated rings. The SMILES string of the molecule is CCOc1ccc(-n2cnc3cc(/C=C\c4ccc(C(C)(C)C)cc4)ccc32)nc1. The number of ether oxygens (including phenoxy) is 1. The second-order valence-corrected chi connectivity index (χ2v) is 8.35. The predicted molar refractivity (Wildman–Crippen MR) is 124 cm³/mol. The van der Waals surface area contributed by atoms with Gasteiger partial charge in [0.2, 0.25) is 0 Å². The molecular weight excluding hydrogens is 370 g/mol. The average Bonchev–Trinajstić information content (AvgIpc) is 3.16. The van der Waals surface area contributed by atoms with Gasteiger partial charge in [0, 0.05) is 0 Å². The van der Waals surface area contributed by atoms with E-state index in [-0.39, 0.29) is 5.41 Å². The van der Waals surface area contributed by atoms with E-state index in [1.165, 1.54) is 11.1 Å². The van der Waals surface area contributed by atoms with Gasteiger partial charge in [-0.1, -0.05) is 63.3 Å². The second kappa shape index (κ2) is 8.15. The number of fused-ring (bicyclic) bond motifs is 1. The Bertz CT molecular complexity index is 1160. The third-order valence-electron chi connectivity index (χ3n) is 5.09. The van der Waals surface area contributed by atoms with Crippen molar-refractivity contribution < 1.29 is 4.74 Å². The lowest BCUT2D eigenvalue weighted by molar-refractivity contribution is 0.339. The van der Waals surface area contributed by atoms with Gasteiger partial charge in [0.05, 0.1) is 23.8 Å². The first-order valence-electron chi connectivity index (χ1n) is 10.3. The highest BCUT2D eigenvalue weighted by molar-refractivity contribution is 5.82. The molecule has 2 aromatic heterocycles. The van der Waals surface area contributed by atoms with Gasteiger partial charge in [0.15, 0.2) is 0 Å². The van der Waals surface area contributed by atoms with Crippen LogP contribution in [0.15, 0.2) is 67.1 Å². The summed E-state index contributed by atoms with van der Waals surface area (Å²) in [6.45, 7) is 9.29. The van der Waals surface area contributed by atoms with E-state index in [0.29, 0.717) is 6.61 Å². The maximum Gasteiger partial charge on any atom is 0.138 e. The van der Waals surface area contributed by atoms with Gasteiger partial charge in [-0.05, 0) is 53.3 Å². The van der Waals surface area contributed by atoms with E-state index >= 15 is 0 Å². The average molecular weight is 398 g/mol. The van der Waals surface area contributed by atoms with Crippen molar-refractivity contribution in [3.05, 3.63) is 83.8 Å². The van der Waals surface area contributed by atoms with Gasteiger partial charge in [-0.3, -0.25) is 4.57 Å². The Morgan fingerprint density at radius 2 is 1.63 bits per heavy atom. The third kappa shape index (κ3) is 4.28. The van der Waals surface area contributed by atoms with Gasteiger partial charge in [-0.2, -0.15) is 0 Å². The van der Waals surface area contributed by atoms with Gasteiger partial charge in [0.25, 0.3) is 0 Å². The van der Waals surface area contributed by atoms with Crippen LogP contribution in [0.4, 0.5) is 0 Å². The van der Waals surface area contributed by atoms with Crippen LogP contribution in [0.3, 0.4) is 0 Å². The molecule has 0 saturated heterocycles. The molecule has 4 rings (SSSR count). The zero-order valence-corrected chi connectivity index (χ0v) is 18.0. The molecule has 0 saturated carbocycles. The summed E-state index contributed by atoms with van der Waals surface area (Å²) in [6.07, 6.45) is 7.82. The molecule has 0 atom stereocenters. The molecule has 152 valence electrons. The number of pyridine rings is 1. The molecule has 30 heavy (non-hydrogen) atoms. The highest BCUT2D eigenvalue weighted by Gasteiger charge is 2.12. The molecule has 0 bridgehead atoms. The van der Waals surface area contributed by atoms with E-state index in [1.54, 1.807) is 6.20 Å². The summed E-state index contributed by atoms with van der Waals surface area (Å²) < 4.78 is 7.46. The van der Waals surface area contributed by atoms with Crippen molar-refractivity contribution in [3.63, 3.8) is 0 Å².